The number of esters is 1. The Morgan fingerprint density at radius 3 is 2.33 bits per heavy atom. The largest absolute Gasteiger partial charge is 0.451 e. The summed E-state index contributed by atoms with van der Waals surface area (Å²) in [6.45, 7) is 12.7. The molecule has 27 heavy (non-hydrogen) atoms. The van der Waals surface area contributed by atoms with Gasteiger partial charge in [0, 0.05) is 17.0 Å². The number of nitrogens with zero attached hydrogens (tertiary/aromatic N) is 3. The van der Waals surface area contributed by atoms with E-state index in [4.69, 9.17) is 4.74 Å². The van der Waals surface area contributed by atoms with E-state index >= 15 is 0 Å². The third-order valence-corrected chi connectivity index (χ3v) is 5.59. The van der Waals surface area contributed by atoms with Crippen molar-refractivity contribution < 1.29 is 14.3 Å². The highest BCUT2D eigenvalue weighted by molar-refractivity contribution is 7.18. The van der Waals surface area contributed by atoms with Crippen LogP contribution in [-0.4, -0.2) is 44.5 Å². The average molecular weight is 394 g/mol. The van der Waals surface area contributed by atoms with Gasteiger partial charge < -0.3 is 9.64 Å². The van der Waals surface area contributed by atoms with E-state index in [1.807, 2.05) is 41.5 Å². The van der Waals surface area contributed by atoms with Gasteiger partial charge in [-0.05, 0) is 54.0 Å². The molecule has 1 amide bonds. The first-order valence-corrected chi connectivity index (χ1v) is 9.83. The molecule has 148 valence electrons. The smallest absolute Gasteiger partial charge is 0.326 e. The molecule has 2 heterocycles. The van der Waals surface area contributed by atoms with Gasteiger partial charge in [-0.3, -0.25) is 19.0 Å². The molecule has 0 bridgehead atoms. The summed E-state index contributed by atoms with van der Waals surface area (Å²) in [4.78, 5) is 45.1. The number of hydrogen-bond acceptors (Lipinski definition) is 6. The van der Waals surface area contributed by atoms with Gasteiger partial charge in [0.1, 0.15) is 11.4 Å². The fraction of sp³-hybridized carbons (Fsp3) is 0.579. The molecule has 0 aliphatic rings. The minimum atomic E-state index is -0.917. The predicted molar refractivity (Wildman–Crippen MR) is 106 cm³/mol. The van der Waals surface area contributed by atoms with Crippen LogP contribution >= 0.6 is 11.3 Å². The Labute approximate surface area is 163 Å². The van der Waals surface area contributed by atoms with Crippen LogP contribution in [0.2, 0.25) is 0 Å². The summed E-state index contributed by atoms with van der Waals surface area (Å²) in [7, 11) is 0. The maximum Gasteiger partial charge on any atom is 0.326 e. The van der Waals surface area contributed by atoms with Gasteiger partial charge in [0.25, 0.3) is 11.5 Å². The second kappa shape index (κ2) is 8.21. The van der Waals surface area contributed by atoms with Crippen molar-refractivity contribution in [1.29, 1.82) is 0 Å². The Bertz CT molecular complexity index is 906. The lowest BCUT2D eigenvalue weighted by Crippen LogP contribution is -2.47. The Morgan fingerprint density at radius 2 is 1.78 bits per heavy atom. The van der Waals surface area contributed by atoms with Crippen molar-refractivity contribution in [3.8, 4) is 0 Å². The van der Waals surface area contributed by atoms with Crippen LogP contribution in [0.1, 0.15) is 45.1 Å². The molecule has 0 saturated heterocycles. The van der Waals surface area contributed by atoms with Crippen molar-refractivity contribution in [3.63, 3.8) is 0 Å². The van der Waals surface area contributed by atoms with Gasteiger partial charge in [0.05, 0.1) is 11.7 Å². The number of carbonyl (C=O) groups excluding carboxylic acids is 2. The molecule has 2 aromatic heterocycles. The molecule has 1 atom stereocenters. The van der Waals surface area contributed by atoms with E-state index in [0.717, 1.165) is 10.4 Å². The lowest BCUT2D eigenvalue weighted by atomic mass is 10.2. The van der Waals surface area contributed by atoms with E-state index in [2.05, 4.69) is 4.98 Å². The van der Waals surface area contributed by atoms with Crippen molar-refractivity contribution in [3.05, 3.63) is 27.1 Å². The predicted octanol–water partition coefficient (Wildman–Crippen LogP) is 2.65. The maximum atomic E-state index is 12.7. The lowest BCUT2D eigenvalue weighted by molar-refractivity contribution is -0.161. The molecule has 7 nitrogen and oxygen atoms in total. The molecule has 8 heteroatoms. The molecular formula is C19H27N3O4S. The molecule has 0 N–H and O–H groups in total. The van der Waals surface area contributed by atoms with Crippen LogP contribution < -0.4 is 5.56 Å². The summed E-state index contributed by atoms with van der Waals surface area (Å²) < 4.78 is 6.51. The lowest BCUT2D eigenvalue weighted by Gasteiger charge is -2.32. The highest BCUT2D eigenvalue weighted by Gasteiger charge is 2.27. The van der Waals surface area contributed by atoms with Gasteiger partial charge in [0.15, 0.2) is 6.10 Å². The number of carbonyl (C=O) groups is 2. The molecule has 0 saturated carbocycles. The fourth-order valence-corrected chi connectivity index (χ4v) is 4.11. The standard InChI is InChI=1S/C19H27N3O4S/c1-10(2)22(11(3)4)18(24)13(6)26-15(23)8-21-9-20-17-16(19(21)25)12(5)14(7)27-17/h9-11,13H,8H2,1-7H3/t13-/m0/s1. The van der Waals surface area contributed by atoms with Crippen LogP contribution in [0.3, 0.4) is 0 Å². The van der Waals surface area contributed by atoms with E-state index in [1.54, 1.807) is 11.8 Å². The summed E-state index contributed by atoms with van der Waals surface area (Å²) >= 11 is 1.45. The minimum Gasteiger partial charge on any atom is -0.451 e. The molecule has 0 aromatic carbocycles. The van der Waals surface area contributed by atoms with E-state index in [1.165, 1.54) is 22.2 Å². The number of ether oxygens (including phenoxy) is 1. The van der Waals surface area contributed by atoms with Gasteiger partial charge >= 0.3 is 5.97 Å². The number of fused-ring (bicyclic) bond motifs is 1. The van der Waals surface area contributed by atoms with Crippen LogP contribution in [0.15, 0.2) is 11.1 Å². The summed E-state index contributed by atoms with van der Waals surface area (Å²) in [6.07, 6.45) is 0.433. The van der Waals surface area contributed by atoms with Crippen molar-refractivity contribution in [2.45, 2.75) is 73.2 Å². The van der Waals surface area contributed by atoms with Crippen LogP contribution in [0, 0.1) is 13.8 Å². The number of rotatable bonds is 6. The van der Waals surface area contributed by atoms with Crippen molar-refractivity contribution in [1.82, 2.24) is 14.5 Å². The van der Waals surface area contributed by atoms with Crippen LogP contribution in [-0.2, 0) is 20.9 Å². The maximum absolute atomic E-state index is 12.7. The number of hydrogen-bond donors (Lipinski definition) is 0. The summed E-state index contributed by atoms with van der Waals surface area (Å²) in [5.41, 5.74) is 0.604. The van der Waals surface area contributed by atoms with E-state index in [0.29, 0.717) is 10.2 Å². The first-order valence-electron chi connectivity index (χ1n) is 9.01. The van der Waals surface area contributed by atoms with Gasteiger partial charge in [-0.15, -0.1) is 11.3 Å². The molecule has 0 fully saturated rings. The summed E-state index contributed by atoms with van der Waals surface area (Å²) in [5, 5.41) is 0.530. The monoisotopic (exact) mass is 393 g/mol. The van der Waals surface area contributed by atoms with Gasteiger partial charge in [-0.25, -0.2) is 4.98 Å². The molecular weight excluding hydrogens is 366 g/mol. The van der Waals surface area contributed by atoms with Crippen LogP contribution in [0.25, 0.3) is 10.2 Å². The molecule has 2 rings (SSSR count). The molecule has 0 spiro atoms. The molecule has 0 aliphatic heterocycles. The van der Waals surface area contributed by atoms with Gasteiger partial charge in [-0.2, -0.15) is 0 Å². The second-order valence-corrected chi connectivity index (χ2v) is 8.41. The zero-order chi connectivity index (χ0) is 20.5. The van der Waals surface area contributed by atoms with Crippen LogP contribution in [0.5, 0.6) is 0 Å². The number of aromatic nitrogens is 2. The second-order valence-electron chi connectivity index (χ2n) is 7.21. The third kappa shape index (κ3) is 4.37. The van der Waals surface area contributed by atoms with Crippen molar-refractivity contribution in [2.75, 3.05) is 0 Å². The van der Waals surface area contributed by atoms with Crippen molar-refractivity contribution >= 4 is 33.4 Å². The Kier molecular flexibility index (Phi) is 6.41. The topological polar surface area (TPSA) is 81.5 Å². The average Bonchev–Trinajstić information content (AvgIpc) is 2.84. The number of amides is 1. The Balaban J connectivity index is 2.15. The van der Waals surface area contributed by atoms with Gasteiger partial charge in [0.2, 0.25) is 0 Å². The Hall–Kier alpha value is -2.22. The molecule has 0 radical (unpaired) electrons. The van der Waals surface area contributed by atoms with Gasteiger partial charge in [-0.1, -0.05) is 0 Å². The SMILES string of the molecule is Cc1sc2ncn(CC(=O)O[C@@H](C)C(=O)N(C(C)C)C(C)C)c(=O)c2c1C. The minimum absolute atomic E-state index is 0.00214. The highest BCUT2D eigenvalue weighted by atomic mass is 32.1. The molecule has 0 aliphatic carbocycles. The van der Waals surface area contributed by atoms with Crippen LogP contribution in [0.4, 0.5) is 0 Å². The zero-order valence-corrected chi connectivity index (χ0v) is 17.7. The normalized spacial score (nSPS) is 12.6. The quantitative estimate of drug-likeness (QED) is 0.705. The van der Waals surface area contributed by atoms with Crippen molar-refractivity contribution in [2.24, 2.45) is 0 Å². The Morgan fingerprint density at radius 1 is 1.19 bits per heavy atom. The zero-order valence-electron chi connectivity index (χ0n) is 16.9. The first kappa shape index (κ1) is 21.1. The summed E-state index contributed by atoms with van der Waals surface area (Å²) in [6, 6.07) is -0.00429. The van der Waals surface area contributed by atoms with E-state index < -0.39 is 12.1 Å². The van der Waals surface area contributed by atoms with E-state index in [-0.39, 0.29) is 30.1 Å². The molecule has 0 unspecified atom stereocenters. The highest BCUT2D eigenvalue weighted by Crippen LogP contribution is 2.25. The first-order chi connectivity index (χ1) is 12.5. The number of thiophene rings is 1. The number of aryl methyl sites for hydroxylation is 2. The third-order valence-electron chi connectivity index (χ3n) is 4.48. The summed E-state index contributed by atoms with van der Waals surface area (Å²) in [5.74, 6) is -0.894. The fourth-order valence-electron chi connectivity index (χ4n) is 3.12. The molecule has 2 aromatic rings. The van der Waals surface area contributed by atoms with E-state index in [9.17, 15) is 14.4 Å².